The quantitative estimate of drug-likeness (QED) is 0.530. The standard InChI is InChI=1S/C16H24O/c1-3-4-5-6-7-11-16(17)13-15-10-8-9-14(2)12-15/h3,8-10,12,16-17H,1,4-7,11,13H2,2H3. The first kappa shape index (κ1) is 14.0. The third-order valence-electron chi connectivity index (χ3n) is 3.00. The van der Waals surface area contributed by atoms with Gasteiger partial charge in [0.1, 0.15) is 0 Å². The van der Waals surface area contributed by atoms with E-state index in [4.69, 9.17) is 0 Å². The van der Waals surface area contributed by atoms with Gasteiger partial charge in [-0.25, -0.2) is 0 Å². The molecule has 0 saturated heterocycles. The molecule has 0 bridgehead atoms. The smallest absolute Gasteiger partial charge is 0.0580 e. The summed E-state index contributed by atoms with van der Waals surface area (Å²) in [6.07, 6.45) is 8.05. The number of unbranched alkanes of at least 4 members (excludes halogenated alkanes) is 3. The van der Waals surface area contributed by atoms with Gasteiger partial charge >= 0.3 is 0 Å². The van der Waals surface area contributed by atoms with Crippen molar-refractivity contribution in [1.29, 1.82) is 0 Å². The summed E-state index contributed by atoms with van der Waals surface area (Å²) in [5.74, 6) is 0. The lowest BCUT2D eigenvalue weighted by atomic mass is 10.0. The highest BCUT2D eigenvalue weighted by Crippen LogP contribution is 2.12. The Bertz CT molecular complexity index is 330. The number of aliphatic hydroxyl groups excluding tert-OH is 1. The van der Waals surface area contributed by atoms with Gasteiger partial charge in [0.2, 0.25) is 0 Å². The fourth-order valence-electron chi connectivity index (χ4n) is 2.06. The van der Waals surface area contributed by atoms with Crippen LogP contribution in [-0.4, -0.2) is 11.2 Å². The van der Waals surface area contributed by atoms with Crippen LogP contribution in [0, 0.1) is 6.92 Å². The molecule has 17 heavy (non-hydrogen) atoms. The largest absolute Gasteiger partial charge is 0.393 e. The van der Waals surface area contributed by atoms with Crippen molar-refractivity contribution in [2.45, 2.75) is 51.6 Å². The van der Waals surface area contributed by atoms with E-state index in [0.29, 0.717) is 0 Å². The molecule has 0 heterocycles. The van der Waals surface area contributed by atoms with E-state index in [1.165, 1.54) is 24.0 Å². The van der Waals surface area contributed by atoms with E-state index in [0.717, 1.165) is 25.7 Å². The number of allylic oxidation sites excluding steroid dienone is 1. The average molecular weight is 232 g/mol. The zero-order valence-corrected chi connectivity index (χ0v) is 10.9. The van der Waals surface area contributed by atoms with E-state index in [2.05, 4.69) is 37.8 Å². The van der Waals surface area contributed by atoms with Crippen LogP contribution in [0.25, 0.3) is 0 Å². The fourth-order valence-corrected chi connectivity index (χ4v) is 2.06. The third kappa shape index (κ3) is 6.28. The number of benzene rings is 1. The molecule has 0 aliphatic rings. The van der Waals surface area contributed by atoms with Crippen LogP contribution in [0.3, 0.4) is 0 Å². The molecule has 1 heteroatoms. The Hall–Kier alpha value is -1.08. The van der Waals surface area contributed by atoms with E-state index in [9.17, 15) is 5.11 Å². The van der Waals surface area contributed by atoms with Crippen molar-refractivity contribution in [2.24, 2.45) is 0 Å². The summed E-state index contributed by atoms with van der Waals surface area (Å²) in [7, 11) is 0. The first-order valence-electron chi connectivity index (χ1n) is 6.57. The van der Waals surface area contributed by atoms with Gasteiger partial charge in [-0.15, -0.1) is 6.58 Å². The van der Waals surface area contributed by atoms with Crippen LogP contribution >= 0.6 is 0 Å². The van der Waals surface area contributed by atoms with Crippen molar-refractivity contribution < 1.29 is 5.11 Å². The van der Waals surface area contributed by atoms with Crippen molar-refractivity contribution in [3.63, 3.8) is 0 Å². The summed E-state index contributed by atoms with van der Waals surface area (Å²) in [5.41, 5.74) is 2.50. The van der Waals surface area contributed by atoms with Crippen molar-refractivity contribution in [3.05, 3.63) is 48.0 Å². The molecule has 94 valence electrons. The number of aliphatic hydroxyl groups is 1. The summed E-state index contributed by atoms with van der Waals surface area (Å²) in [4.78, 5) is 0. The predicted octanol–water partition coefficient (Wildman–Crippen LogP) is 4.03. The summed E-state index contributed by atoms with van der Waals surface area (Å²) < 4.78 is 0. The van der Waals surface area contributed by atoms with Crippen LogP contribution < -0.4 is 0 Å². The minimum atomic E-state index is -0.194. The number of hydrogen-bond acceptors (Lipinski definition) is 1. The molecule has 0 aliphatic heterocycles. The Morgan fingerprint density at radius 2 is 2.12 bits per heavy atom. The second-order valence-corrected chi connectivity index (χ2v) is 4.77. The van der Waals surface area contributed by atoms with Gasteiger partial charge in [0.15, 0.2) is 0 Å². The summed E-state index contributed by atoms with van der Waals surface area (Å²) in [6, 6.07) is 8.39. The van der Waals surface area contributed by atoms with Crippen LogP contribution in [0.4, 0.5) is 0 Å². The topological polar surface area (TPSA) is 20.2 Å². The van der Waals surface area contributed by atoms with E-state index in [1.54, 1.807) is 0 Å². The molecule has 1 aromatic carbocycles. The monoisotopic (exact) mass is 232 g/mol. The zero-order chi connectivity index (χ0) is 12.5. The molecule has 1 atom stereocenters. The lowest BCUT2D eigenvalue weighted by Crippen LogP contribution is -2.10. The molecule has 0 fully saturated rings. The maximum Gasteiger partial charge on any atom is 0.0580 e. The van der Waals surface area contributed by atoms with Crippen molar-refractivity contribution in [2.75, 3.05) is 0 Å². The van der Waals surface area contributed by atoms with Crippen LogP contribution in [-0.2, 0) is 6.42 Å². The van der Waals surface area contributed by atoms with Gasteiger partial charge in [0.05, 0.1) is 6.10 Å². The highest BCUT2D eigenvalue weighted by atomic mass is 16.3. The van der Waals surface area contributed by atoms with E-state index in [1.807, 2.05) is 6.08 Å². The SMILES string of the molecule is C=CCCCCCC(O)Cc1cccc(C)c1. The molecule has 1 rings (SSSR count). The first-order chi connectivity index (χ1) is 8.22. The van der Waals surface area contributed by atoms with Crippen molar-refractivity contribution in [1.82, 2.24) is 0 Å². The summed E-state index contributed by atoms with van der Waals surface area (Å²) in [5, 5.41) is 9.93. The number of aryl methyl sites for hydroxylation is 1. The molecule has 1 unspecified atom stereocenters. The molecule has 0 spiro atoms. The number of rotatable bonds is 8. The molecule has 0 saturated carbocycles. The second kappa shape index (κ2) is 8.08. The average Bonchev–Trinajstić information content (AvgIpc) is 2.29. The molecular formula is C16H24O. The lowest BCUT2D eigenvalue weighted by Gasteiger charge is -2.10. The molecule has 0 radical (unpaired) electrons. The molecular weight excluding hydrogens is 208 g/mol. The van der Waals surface area contributed by atoms with E-state index >= 15 is 0 Å². The zero-order valence-electron chi connectivity index (χ0n) is 10.9. The van der Waals surface area contributed by atoms with E-state index in [-0.39, 0.29) is 6.10 Å². The lowest BCUT2D eigenvalue weighted by molar-refractivity contribution is 0.161. The molecule has 1 aromatic rings. The molecule has 1 nitrogen and oxygen atoms in total. The predicted molar refractivity (Wildman–Crippen MR) is 74.2 cm³/mol. The van der Waals surface area contributed by atoms with Crippen molar-refractivity contribution >= 4 is 0 Å². The minimum absolute atomic E-state index is 0.194. The minimum Gasteiger partial charge on any atom is -0.393 e. The molecule has 0 amide bonds. The molecule has 1 N–H and O–H groups in total. The van der Waals surface area contributed by atoms with Crippen LogP contribution in [0.1, 0.15) is 43.2 Å². The van der Waals surface area contributed by atoms with Gasteiger partial charge in [-0.05, 0) is 38.2 Å². The highest BCUT2D eigenvalue weighted by molar-refractivity contribution is 5.22. The van der Waals surface area contributed by atoms with Crippen LogP contribution in [0.2, 0.25) is 0 Å². The summed E-state index contributed by atoms with van der Waals surface area (Å²) >= 11 is 0. The Balaban J connectivity index is 2.20. The van der Waals surface area contributed by atoms with Crippen molar-refractivity contribution in [3.8, 4) is 0 Å². The van der Waals surface area contributed by atoms with Gasteiger partial charge in [0, 0.05) is 0 Å². The van der Waals surface area contributed by atoms with Gasteiger partial charge in [-0.2, -0.15) is 0 Å². The van der Waals surface area contributed by atoms with Gasteiger partial charge < -0.3 is 5.11 Å². The number of hydrogen-bond donors (Lipinski definition) is 1. The molecule has 0 aromatic heterocycles. The molecule has 0 aliphatic carbocycles. The Morgan fingerprint density at radius 1 is 1.29 bits per heavy atom. The maximum absolute atomic E-state index is 9.93. The third-order valence-corrected chi connectivity index (χ3v) is 3.00. The normalized spacial score (nSPS) is 12.4. The highest BCUT2D eigenvalue weighted by Gasteiger charge is 2.05. The van der Waals surface area contributed by atoms with Gasteiger partial charge in [-0.3, -0.25) is 0 Å². The Morgan fingerprint density at radius 3 is 2.82 bits per heavy atom. The fraction of sp³-hybridized carbons (Fsp3) is 0.500. The van der Waals surface area contributed by atoms with Gasteiger partial charge in [0.25, 0.3) is 0 Å². The first-order valence-corrected chi connectivity index (χ1v) is 6.57. The summed E-state index contributed by atoms with van der Waals surface area (Å²) in [6.45, 7) is 5.80. The second-order valence-electron chi connectivity index (χ2n) is 4.77. The van der Waals surface area contributed by atoms with E-state index < -0.39 is 0 Å². The van der Waals surface area contributed by atoms with Crippen LogP contribution in [0.5, 0.6) is 0 Å². The maximum atomic E-state index is 9.93. The Kier molecular flexibility index (Phi) is 6.64. The van der Waals surface area contributed by atoms with Gasteiger partial charge in [-0.1, -0.05) is 48.7 Å². The van der Waals surface area contributed by atoms with Crippen LogP contribution in [0.15, 0.2) is 36.9 Å². The Labute approximate surface area is 105 Å².